The van der Waals surface area contributed by atoms with Gasteiger partial charge in [0.25, 0.3) is 10.0 Å². The minimum atomic E-state index is -3.61. The number of rotatable bonds is 4. The summed E-state index contributed by atoms with van der Waals surface area (Å²) in [6, 6.07) is 6.82. The molecule has 0 amide bonds. The third kappa shape index (κ3) is 6.16. The molecular formula is C12H16ClNO3S. The summed E-state index contributed by atoms with van der Waals surface area (Å²) in [5.74, 6) is 0. The lowest BCUT2D eigenvalue weighted by molar-refractivity contribution is -0.0352. The molecule has 100 valence electrons. The highest BCUT2D eigenvalue weighted by Crippen LogP contribution is 2.11. The van der Waals surface area contributed by atoms with Gasteiger partial charge in [0.1, 0.15) is 0 Å². The van der Waals surface area contributed by atoms with Crippen molar-refractivity contribution >= 4 is 27.7 Å². The van der Waals surface area contributed by atoms with Crippen molar-refractivity contribution in [1.29, 1.82) is 0 Å². The van der Waals surface area contributed by atoms with Gasteiger partial charge in [-0.2, -0.15) is 0 Å². The molecule has 18 heavy (non-hydrogen) atoms. The van der Waals surface area contributed by atoms with E-state index >= 15 is 0 Å². The fourth-order valence-corrected chi connectivity index (χ4v) is 1.84. The van der Waals surface area contributed by atoms with Gasteiger partial charge in [-0.1, -0.05) is 28.6 Å². The smallest absolute Gasteiger partial charge is 0.255 e. The van der Waals surface area contributed by atoms with E-state index in [4.69, 9.17) is 16.4 Å². The van der Waals surface area contributed by atoms with Gasteiger partial charge in [0.05, 0.1) is 5.60 Å². The first kappa shape index (κ1) is 15.2. The topological polar surface area (TPSA) is 55.4 Å². The van der Waals surface area contributed by atoms with Crippen LogP contribution in [0.3, 0.4) is 0 Å². The maximum atomic E-state index is 11.6. The van der Waals surface area contributed by atoms with E-state index in [0.29, 0.717) is 5.02 Å². The zero-order chi connectivity index (χ0) is 13.8. The van der Waals surface area contributed by atoms with Crippen molar-refractivity contribution in [2.45, 2.75) is 26.4 Å². The molecule has 1 aromatic rings. The summed E-state index contributed by atoms with van der Waals surface area (Å²) < 4.78 is 23.1. The third-order valence-corrected chi connectivity index (χ3v) is 2.84. The lowest BCUT2D eigenvalue weighted by atomic mass is 10.2. The number of nitrogens with one attached hydrogen (secondary N) is 1. The first-order chi connectivity index (χ1) is 8.18. The molecule has 1 aromatic carbocycles. The summed E-state index contributed by atoms with van der Waals surface area (Å²) in [6.45, 7) is 5.25. The molecule has 0 heterocycles. The molecule has 0 aliphatic rings. The van der Waals surface area contributed by atoms with Crippen LogP contribution >= 0.6 is 11.6 Å². The molecule has 0 aliphatic heterocycles. The van der Waals surface area contributed by atoms with Crippen molar-refractivity contribution in [3.8, 4) is 0 Å². The maximum absolute atomic E-state index is 11.6. The van der Waals surface area contributed by atoms with Crippen molar-refractivity contribution in [2.75, 3.05) is 0 Å². The average Bonchev–Trinajstić information content (AvgIpc) is 2.25. The predicted molar refractivity (Wildman–Crippen MR) is 73.4 cm³/mol. The molecule has 0 saturated carbocycles. The fraction of sp³-hybridized carbons (Fsp3) is 0.333. The SMILES string of the molecule is CC(C)(C)ONS(=O)(=O)/C=C/c1ccc(Cl)cc1. The first-order valence-corrected chi connectivity index (χ1v) is 7.24. The second-order valence-electron chi connectivity index (χ2n) is 4.70. The molecule has 0 saturated heterocycles. The van der Waals surface area contributed by atoms with Crippen LogP contribution in [0.1, 0.15) is 26.3 Å². The van der Waals surface area contributed by atoms with Crippen molar-refractivity contribution < 1.29 is 13.3 Å². The third-order valence-electron chi connectivity index (χ3n) is 1.77. The highest BCUT2D eigenvalue weighted by Gasteiger charge is 2.14. The molecule has 4 nitrogen and oxygen atoms in total. The second-order valence-corrected chi connectivity index (χ2v) is 6.66. The van der Waals surface area contributed by atoms with Crippen LogP contribution in [0.4, 0.5) is 0 Å². The Balaban J connectivity index is 2.68. The molecule has 1 rings (SSSR count). The van der Waals surface area contributed by atoms with Crippen LogP contribution in [0.2, 0.25) is 5.02 Å². The van der Waals surface area contributed by atoms with E-state index in [9.17, 15) is 8.42 Å². The minimum absolute atomic E-state index is 0.582. The van der Waals surface area contributed by atoms with Crippen molar-refractivity contribution in [3.05, 3.63) is 40.3 Å². The molecular weight excluding hydrogens is 274 g/mol. The van der Waals surface area contributed by atoms with E-state index in [1.165, 1.54) is 6.08 Å². The van der Waals surface area contributed by atoms with E-state index in [2.05, 4.69) is 0 Å². The van der Waals surface area contributed by atoms with E-state index in [0.717, 1.165) is 11.0 Å². The van der Waals surface area contributed by atoms with Gasteiger partial charge in [0.15, 0.2) is 0 Å². The number of halogens is 1. The summed E-state index contributed by atoms with van der Waals surface area (Å²) in [4.78, 5) is 7.03. The lowest BCUT2D eigenvalue weighted by Gasteiger charge is -2.18. The first-order valence-electron chi connectivity index (χ1n) is 5.31. The summed E-state index contributed by atoms with van der Waals surface area (Å²) >= 11 is 5.73. The Morgan fingerprint density at radius 3 is 2.28 bits per heavy atom. The second kappa shape index (κ2) is 5.84. The van der Waals surface area contributed by atoms with Crippen LogP contribution in [0.5, 0.6) is 0 Å². The van der Waals surface area contributed by atoms with Gasteiger partial charge < -0.3 is 0 Å². The van der Waals surface area contributed by atoms with Crippen molar-refractivity contribution in [3.63, 3.8) is 0 Å². The van der Waals surface area contributed by atoms with E-state index < -0.39 is 15.6 Å². The molecule has 0 aromatic heterocycles. The number of hydrogen-bond acceptors (Lipinski definition) is 3. The van der Waals surface area contributed by atoms with Gasteiger partial charge in [0.2, 0.25) is 0 Å². The summed E-state index contributed by atoms with van der Waals surface area (Å²) in [6.07, 6.45) is 1.46. The molecule has 0 aliphatic carbocycles. The number of hydrogen-bond donors (Lipinski definition) is 1. The van der Waals surface area contributed by atoms with Crippen LogP contribution < -0.4 is 4.89 Å². The minimum Gasteiger partial charge on any atom is -0.281 e. The van der Waals surface area contributed by atoms with Gasteiger partial charge >= 0.3 is 0 Å². The number of benzene rings is 1. The summed E-state index contributed by atoms with van der Waals surface area (Å²) in [5.41, 5.74) is 0.154. The molecule has 0 spiro atoms. The van der Waals surface area contributed by atoms with E-state index in [1.807, 2.05) is 4.89 Å². The van der Waals surface area contributed by atoms with E-state index in [-0.39, 0.29) is 0 Å². The molecule has 0 fully saturated rings. The zero-order valence-electron chi connectivity index (χ0n) is 10.5. The van der Waals surface area contributed by atoms with Crippen LogP contribution in [0, 0.1) is 0 Å². The van der Waals surface area contributed by atoms with Crippen LogP contribution in [-0.2, 0) is 14.9 Å². The Morgan fingerprint density at radius 2 is 1.78 bits per heavy atom. The molecule has 0 atom stereocenters. The van der Waals surface area contributed by atoms with Crippen molar-refractivity contribution in [1.82, 2.24) is 4.89 Å². The fourth-order valence-electron chi connectivity index (χ4n) is 0.953. The Kier molecular flexibility index (Phi) is 4.92. The standard InChI is InChI=1S/C12H16ClNO3S/c1-12(2,3)17-14-18(15,16)9-8-10-4-6-11(13)7-5-10/h4-9,14H,1-3H3/b9-8+. The molecule has 0 bridgehead atoms. The maximum Gasteiger partial charge on any atom is 0.255 e. The molecule has 6 heteroatoms. The van der Waals surface area contributed by atoms with Gasteiger partial charge in [-0.15, -0.1) is 0 Å². The van der Waals surface area contributed by atoms with Crippen LogP contribution in [-0.4, -0.2) is 14.0 Å². The van der Waals surface area contributed by atoms with Gasteiger partial charge in [-0.3, -0.25) is 4.84 Å². The Labute approximate surface area is 113 Å². The average molecular weight is 290 g/mol. The predicted octanol–water partition coefficient (Wildman–Crippen LogP) is 2.96. The molecule has 0 radical (unpaired) electrons. The molecule has 0 unspecified atom stereocenters. The normalized spacial score (nSPS) is 13.1. The Morgan fingerprint density at radius 1 is 1.22 bits per heavy atom. The summed E-state index contributed by atoms with van der Waals surface area (Å²) in [5, 5.41) is 1.64. The van der Waals surface area contributed by atoms with Gasteiger partial charge in [-0.25, -0.2) is 8.42 Å². The lowest BCUT2D eigenvalue weighted by Crippen LogP contribution is -2.32. The van der Waals surface area contributed by atoms with Gasteiger partial charge in [0, 0.05) is 10.4 Å². The van der Waals surface area contributed by atoms with Gasteiger partial charge in [-0.05, 0) is 44.5 Å². The van der Waals surface area contributed by atoms with Crippen LogP contribution in [0.25, 0.3) is 6.08 Å². The van der Waals surface area contributed by atoms with E-state index in [1.54, 1.807) is 45.0 Å². The Bertz CT molecular complexity index is 515. The monoisotopic (exact) mass is 289 g/mol. The molecule has 1 N–H and O–H groups in total. The highest BCUT2D eigenvalue weighted by molar-refractivity contribution is 7.92. The summed E-state index contributed by atoms with van der Waals surface area (Å²) in [7, 11) is -3.61. The van der Waals surface area contributed by atoms with Crippen molar-refractivity contribution in [2.24, 2.45) is 0 Å². The largest absolute Gasteiger partial charge is 0.281 e. The Hall–Kier alpha value is -0.880. The highest BCUT2D eigenvalue weighted by atomic mass is 35.5. The quantitative estimate of drug-likeness (QED) is 0.867. The van der Waals surface area contributed by atoms with Crippen LogP contribution in [0.15, 0.2) is 29.7 Å². The zero-order valence-corrected chi connectivity index (χ0v) is 12.0. The number of sulfonamides is 1.